The second kappa shape index (κ2) is 9.73. The standard InChI is InChI=1S/C9H10S.2HI/c1-9-7-5-3-2-4-6-8-10-9;;/h2-8H,1H3;2*1H. The van der Waals surface area contributed by atoms with E-state index in [1.54, 1.807) is 0 Å². The summed E-state index contributed by atoms with van der Waals surface area (Å²) in [6, 6.07) is 12.4. The molecule has 0 aliphatic carbocycles. The normalized spacial score (nSPS) is 7.08. The summed E-state index contributed by atoms with van der Waals surface area (Å²) in [7, 11) is 0. The molecule has 0 N–H and O–H groups in total. The van der Waals surface area contributed by atoms with Crippen LogP contribution in [0.15, 0.2) is 41.8 Å². The van der Waals surface area contributed by atoms with Gasteiger partial charge in [-0.05, 0) is 23.5 Å². The van der Waals surface area contributed by atoms with Crippen LogP contribution in [0.4, 0.5) is 0 Å². The van der Waals surface area contributed by atoms with Gasteiger partial charge in [-0.2, -0.15) is 0 Å². The van der Waals surface area contributed by atoms with Gasteiger partial charge < -0.3 is 24.0 Å². The van der Waals surface area contributed by atoms with Gasteiger partial charge in [0.15, 0.2) is 0 Å². The minimum absolute atomic E-state index is 0. The molecular formula is C9H12I2S. The second-order valence-corrected chi connectivity index (χ2v) is 3.31. The third kappa shape index (κ3) is 7.30. The van der Waals surface area contributed by atoms with Gasteiger partial charge in [-0.1, -0.05) is 24.3 Å². The lowest BCUT2D eigenvalue weighted by Crippen LogP contribution is -3.00. The predicted molar refractivity (Wildman–Crippen MR) is 63.5 cm³/mol. The number of halogens is 2. The summed E-state index contributed by atoms with van der Waals surface area (Å²) in [6.45, 7) is 2.13. The van der Waals surface area contributed by atoms with Crippen molar-refractivity contribution in [1.29, 1.82) is 0 Å². The highest BCUT2D eigenvalue weighted by Gasteiger charge is 1.79. The molecule has 1 heterocycles. The molecule has 1 rings (SSSR count). The van der Waals surface area contributed by atoms with Crippen molar-refractivity contribution in [3.63, 3.8) is 0 Å². The van der Waals surface area contributed by atoms with Crippen LogP contribution in [0.25, 0.3) is 0 Å². The molecule has 0 nitrogen and oxygen atoms in total. The Kier molecular flexibility index (Phi) is 12.3. The van der Waals surface area contributed by atoms with Gasteiger partial charge in [-0.15, -0.1) is 24.0 Å². The van der Waals surface area contributed by atoms with Crippen LogP contribution in [-0.2, 0) is 0 Å². The van der Waals surface area contributed by atoms with Crippen LogP contribution in [0.2, 0.25) is 0 Å². The third-order valence-electron chi connectivity index (χ3n) is 1.15. The van der Waals surface area contributed by atoms with Crippen molar-refractivity contribution < 1.29 is 24.0 Å². The van der Waals surface area contributed by atoms with Crippen LogP contribution in [0.5, 0.6) is 0 Å². The van der Waals surface area contributed by atoms with E-state index >= 15 is 0 Å². The van der Waals surface area contributed by atoms with Gasteiger partial charge in [0.1, 0.15) is 10.3 Å². The molecule has 0 fully saturated rings. The average molecular weight is 406 g/mol. The van der Waals surface area contributed by atoms with E-state index in [4.69, 9.17) is 0 Å². The van der Waals surface area contributed by atoms with Crippen molar-refractivity contribution in [3.05, 3.63) is 46.7 Å². The Morgan fingerprint density at radius 3 is 2.33 bits per heavy atom. The van der Waals surface area contributed by atoms with Crippen LogP contribution in [0, 0.1) is 6.92 Å². The summed E-state index contributed by atoms with van der Waals surface area (Å²) in [4.78, 5) is 1.37. The summed E-state index contributed by atoms with van der Waals surface area (Å²) in [5, 5.41) is 2.13. The van der Waals surface area contributed by atoms with Crippen LogP contribution < -0.4 is 24.0 Å². The molecule has 0 spiro atoms. The zero-order chi connectivity index (χ0) is 7.23. The first kappa shape index (κ1) is 15.1. The molecule has 0 aliphatic rings. The maximum atomic E-state index is 2.13. The Bertz CT molecular complexity index is 220. The van der Waals surface area contributed by atoms with Crippen molar-refractivity contribution in [3.8, 4) is 0 Å². The molecule has 0 bridgehead atoms. The van der Waals surface area contributed by atoms with E-state index < -0.39 is 0 Å². The fraction of sp³-hybridized carbons (Fsp3) is 0.111. The third-order valence-corrected chi connectivity index (χ3v) is 2.02. The number of hydrogen-bond donors (Lipinski definition) is 0. The van der Waals surface area contributed by atoms with Gasteiger partial charge in [0, 0.05) is 6.92 Å². The minimum Gasteiger partial charge on any atom is -1.00 e. The van der Waals surface area contributed by atoms with Gasteiger partial charge >= 0.3 is 0 Å². The van der Waals surface area contributed by atoms with Crippen molar-refractivity contribution in [2.75, 3.05) is 0 Å². The molecule has 68 valence electrons. The molecule has 1 aromatic heterocycles. The van der Waals surface area contributed by atoms with E-state index in [0.717, 1.165) is 0 Å². The first-order chi connectivity index (χ1) is 4.89. The van der Waals surface area contributed by atoms with Crippen molar-refractivity contribution in [2.45, 2.75) is 6.92 Å². The Hall–Kier alpha value is 0.640. The van der Waals surface area contributed by atoms with E-state index in [-0.39, 0.29) is 48.0 Å². The summed E-state index contributed by atoms with van der Waals surface area (Å²) in [6.07, 6.45) is 0. The lowest BCUT2D eigenvalue weighted by atomic mass is 10.4. The van der Waals surface area contributed by atoms with Crippen LogP contribution in [-0.4, -0.2) is 0 Å². The molecular weight excluding hydrogens is 394 g/mol. The number of hydrogen-bond acceptors (Lipinski definition) is 0. The second-order valence-electron chi connectivity index (χ2n) is 2.05. The molecule has 3 heteroatoms. The molecule has 1 aromatic rings. The highest BCUT2D eigenvalue weighted by Crippen LogP contribution is 1.99. The van der Waals surface area contributed by atoms with E-state index in [1.165, 1.54) is 16.2 Å². The van der Waals surface area contributed by atoms with Crippen molar-refractivity contribution in [1.82, 2.24) is 0 Å². The largest absolute Gasteiger partial charge is 1.00 e. The van der Waals surface area contributed by atoms with Crippen LogP contribution in [0.3, 0.4) is 0 Å². The van der Waals surface area contributed by atoms with Crippen LogP contribution in [0.1, 0.15) is 4.88 Å². The molecule has 0 radical (unpaired) electrons. The molecule has 0 unspecified atom stereocenters. The van der Waals surface area contributed by atoms with Gasteiger partial charge in [-0.3, -0.25) is 0 Å². The molecule has 0 aromatic carbocycles. The fourth-order valence-electron chi connectivity index (χ4n) is 0.641. The first-order valence-corrected chi connectivity index (χ1v) is 4.23. The zero-order valence-electron chi connectivity index (χ0n) is 6.77. The first-order valence-electron chi connectivity index (χ1n) is 3.27. The zero-order valence-corrected chi connectivity index (χ0v) is 12.2. The maximum Gasteiger partial charge on any atom is 0.144 e. The van der Waals surface area contributed by atoms with Crippen molar-refractivity contribution in [2.24, 2.45) is 0 Å². The maximum absolute atomic E-state index is 2.13. The monoisotopic (exact) mass is 406 g/mol. The van der Waals surface area contributed by atoms with Gasteiger partial charge in [-0.25, -0.2) is 0 Å². The van der Waals surface area contributed by atoms with Gasteiger partial charge in [0.05, 0.1) is 0 Å². The van der Waals surface area contributed by atoms with Crippen molar-refractivity contribution >= 4 is 35.3 Å². The lowest BCUT2D eigenvalue weighted by molar-refractivity contribution is -0.00000209. The molecule has 12 heavy (non-hydrogen) atoms. The Morgan fingerprint density at radius 2 is 1.58 bits per heavy atom. The fourth-order valence-corrected chi connectivity index (χ4v) is 1.23. The predicted octanol–water partition coefficient (Wildman–Crippen LogP) is 0.535. The Labute approximate surface area is 112 Å². The molecule has 0 amide bonds. The SMILES string of the molecule is Cc1ccccccc[sH+]1.I.[I-]. The van der Waals surface area contributed by atoms with Crippen LogP contribution >= 0.6 is 35.3 Å². The lowest BCUT2D eigenvalue weighted by Gasteiger charge is -1.67. The van der Waals surface area contributed by atoms with Gasteiger partial charge in [0.2, 0.25) is 0 Å². The van der Waals surface area contributed by atoms with E-state index in [2.05, 4.69) is 30.5 Å². The van der Waals surface area contributed by atoms with Gasteiger partial charge in [0.25, 0.3) is 0 Å². The number of aryl methyl sites for hydroxylation is 1. The molecule has 0 saturated heterocycles. The average Bonchev–Trinajstić information content (AvgIpc) is 2.02. The van der Waals surface area contributed by atoms with E-state index in [0.29, 0.717) is 0 Å². The Morgan fingerprint density at radius 1 is 1.00 bits per heavy atom. The minimum atomic E-state index is 0. The smallest absolute Gasteiger partial charge is 0.144 e. The molecule has 0 saturated carbocycles. The summed E-state index contributed by atoms with van der Waals surface area (Å²) in [5.74, 6) is 0. The van der Waals surface area contributed by atoms with E-state index in [1.807, 2.05) is 18.2 Å². The molecule has 0 atom stereocenters. The topological polar surface area (TPSA) is 0 Å². The highest BCUT2D eigenvalue weighted by molar-refractivity contribution is 14.0. The quantitative estimate of drug-likeness (QED) is 0.436. The molecule has 0 aliphatic heterocycles. The summed E-state index contributed by atoms with van der Waals surface area (Å²) in [5.41, 5.74) is 0. The summed E-state index contributed by atoms with van der Waals surface area (Å²) >= 11 is 1.29. The highest BCUT2D eigenvalue weighted by atomic mass is 127. The Balaban J connectivity index is 0. The number of rotatable bonds is 0. The van der Waals surface area contributed by atoms with E-state index in [9.17, 15) is 0 Å². The summed E-state index contributed by atoms with van der Waals surface area (Å²) < 4.78 is 0.